The van der Waals surface area contributed by atoms with Crippen LogP contribution in [0.15, 0.2) is 54.6 Å². The molecule has 1 unspecified atom stereocenters. The van der Waals surface area contributed by atoms with Gasteiger partial charge in [-0.05, 0) is 24.6 Å². The fourth-order valence-corrected chi connectivity index (χ4v) is 5.20. The number of hydrogen-bond donors (Lipinski definition) is 0. The van der Waals surface area contributed by atoms with Gasteiger partial charge in [-0.1, -0.05) is 48.0 Å². The average Bonchev–Trinajstić information content (AvgIpc) is 2.62. The molecule has 2 aromatic carbocycles. The lowest BCUT2D eigenvalue weighted by atomic mass is 10.1. The van der Waals surface area contributed by atoms with Gasteiger partial charge < -0.3 is 4.90 Å². The van der Waals surface area contributed by atoms with E-state index in [-0.39, 0.29) is 11.2 Å². The molecule has 1 aliphatic rings. The summed E-state index contributed by atoms with van der Waals surface area (Å²) in [5, 5.41) is 0.0683. The smallest absolute Gasteiger partial charge is 0.241 e. The molecule has 1 amide bonds. The second kappa shape index (κ2) is 7.93. The van der Waals surface area contributed by atoms with E-state index < -0.39 is 0 Å². The summed E-state index contributed by atoms with van der Waals surface area (Å²) in [4.78, 5) is 15.0. The van der Waals surface area contributed by atoms with Crippen LogP contribution in [0.3, 0.4) is 0 Å². The summed E-state index contributed by atoms with van der Waals surface area (Å²) < 4.78 is 0. The number of aryl methyl sites for hydroxylation is 1. The largest absolute Gasteiger partial charge is 0.307 e. The Kier molecular flexibility index (Phi) is 5.68. The topological polar surface area (TPSA) is 20.3 Å². The van der Waals surface area contributed by atoms with Crippen LogP contribution in [0.4, 0.5) is 5.69 Å². The van der Waals surface area contributed by atoms with Gasteiger partial charge in [-0.2, -0.15) is 11.8 Å². The van der Waals surface area contributed by atoms with Gasteiger partial charge in [-0.15, -0.1) is 11.8 Å². The van der Waals surface area contributed by atoms with E-state index in [1.165, 1.54) is 5.56 Å². The molecule has 0 aromatic heterocycles. The quantitative estimate of drug-likeness (QED) is 0.822. The molecule has 0 radical (unpaired) electrons. The van der Waals surface area contributed by atoms with Crippen LogP contribution in [0.2, 0.25) is 0 Å². The van der Waals surface area contributed by atoms with Crippen molar-refractivity contribution in [3.05, 3.63) is 65.7 Å². The highest BCUT2D eigenvalue weighted by Crippen LogP contribution is 2.28. The molecule has 0 spiro atoms. The summed E-state index contributed by atoms with van der Waals surface area (Å²) in [5.41, 5.74) is 3.36. The molecule has 0 N–H and O–H groups in total. The minimum atomic E-state index is 0.0683. The van der Waals surface area contributed by atoms with E-state index in [4.69, 9.17) is 0 Å². The summed E-state index contributed by atoms with van der Waals surface area (Å²) in [5.74, 6) is 3.36. The van der Waals surface area contributed by atoms with Crippen LogP contribution in [-0.4, -0.2) is 28.4 Å². The highest BCUT2D eigenvalue weighted by atomic mass is 32.2. The van der Waals surface area contributed by atoms with Gasteiger partial charge in [0, 0.05) is 22.9 Å². The van der Waals surface area contributed by atoms with Crippen molar-refractivity contribution >= 4 is 35.1 Å². The highest BCUT2D eigenvalue weighted by molar-refractivity contribution is 8.07. The number of carbonyl (C=O) groups is 1. The van der Waals surface area contributed by atoms with E-state index in [1.807, 2.05) is 34.9 Å². The molecule has 0 saturated carbocycles. The first kappa shape index (κ1) is 16.5. The number of amides is 1. The summed E-state index contributed by atoms with van der Waals surface area (Å²) >= 11 is 3.68. The van der Waals surface area contributed by atoms with Gasteiger partial charge in [0.25, 0.3) is 0 Å². The lowest BCUT2D eigenvalue weighted by Gasteiger charge is -2.29. The first-order valence-corrected chi connectivity index (χ1v) is 10.1. The summed E-state index contributed by atoms with van der Waals surface area (Å²) in [7, 11) is 0. The van der Waals surface area contributed by atoms with Crippen LogP contribution < -0.4 is 4.90 Å². The minimum Gasteiger partial charge on any atom is -0.307 e. The second-order valence-corrected chi connectivity index (χ2v) is 8.14. The van der Waals surface area contributed by atoms with Crippen molar-refractivity contribution in [3.8, 4) is 0 Å². The third-order valence-electron chi connectivity index (χ3n) is 3.89. The molecule has 1 atom stereocenters. The number of anilines is 1. The molecule has 3 rings (SSSR count). The van der Waals surface area contributed by atoms with Crippen LogP contribution in [0.1, 0.15) is 11.1 Å². The number of thioether (sulfide) groups is 2. The van der Waals surface area contributed by atoms with Crippen LogP contribution in [0.5, 0.6) is 0 Å². The second-order valence-electron chi connectivity index (χ2n) is 5.68. The van der Waals surface area contributed by atoms with Gasteiger partial charge in [-0.3, -0.25) is 4.79 Å². The van der Waals surface area contributed by atoms with E-state index in [1.54, 1.807) is 11.8 Å². The maximum absolute atomic E-state index is 13.1. The Morgan fingerprint density at radius 1 is 1.09 bits per heavy atom. The van der Waals surface area contributed by atoms with Gasteiger partial charge in [0.05, 0.1) is 11.8 Å². The third kappa shape index (κ3) is 4.33. The molecular weight excluding hydrogens is 322 g/mol. The monoisotopic (exact) mass is 343 g/mol. The zero-order chi connectivity index (χ0) is 16.1. The summed E-state index contributed by atoms with van der Waals surface area (Å²) in [6, 6.07) is 18.5. The third-order valence-corrected chi connectivity index (χ3v) is 6.63. The predicted octanol–water partition coefficient (Wildman–Crippen LogP) is 4.38. The molecule has 1 aliphatic heterocycles. The number of nitrogens with zero attached hydrogens (tertiary/aromatic N) is 1. The van der Waals surface area contributed by atoms with Gasteiger partial charge in [0.1, 0.15) is 0 Å². The molecule has 1 fully saturated rings. The van der Waals surface area contributed by atoms with Crippen molar-refractivity contribution in [3.63, 3.8) is 0 Å². The predicted molar refractivity (Wildman–Crippen MR) is 102 cm³/mol. The van der Waals surface area contributed by atoms with E-state index >= 15 is 0 Å². The Bertz CT molecular complexity index is 636. The minimum absolute atomic E-state index is 0.0683. The Hall–Kier alpha value is -1.39. The lowest BCUT2D eigenvalue weighted by Crippen LogP contribution is -2.40. The van der Waals surface area contributed by atoms with E-state index in [0.29, 0.717) is 6.54 Å². The standard InChI is InChI=1S/C19H21NOS2/c1-15-7-9-17(10-8-15)20(13-16-5-3-2-4-6-16)19(21)18-14-22-11-12-23-18/h2-10,18H,11-14H2,1H3. The first-order valence-electron chi connectivity index (χ1n) is 7.85. The fraction of sp³-hybridized carbons (Fsp3) is 0.316. The van der Waals surface area contributed by atoms with Crippen LogP contribution in [0.25, 0.3) is 0 Å². The van der Waals surface area contributed by atoms with Crippen LogP contribution in [-0.2, 0) is 11.3 Å². The Balaban J connectivity index is 1.85. The molecule has 4 heteroatoms. The van der Waals surface area contributed by atoms with Gasteiger partial charge >= 0.3 is 0 Å². The van der Waals surface area contributed by atoms with Crippen molar-refractivity contribution in [2.45, 2.75) is 18.7 Å². The van der Waals surface area contributed by atoms with Gasteiger partial charge in [0.15, 0.2) is 0 Å². The number of rotatable bonds is 4. The maximum atomic E-state index is 13.1. The van der Waals surface area contributed by atoms with Crippen LogP contribution in [0, 0.1) is 6.92 Å². The van der Waals surface area contributed by atoms with Crippen molar-refractivity contribution in [2.75, 3.05) is 22.2 Å². The van der Waals surface area contributed by atoms with E-state index in [2.05, 4.69) is 43.3 Å². The SMILES string of the molecule is Cc1ccc(N(Cc2ccccc2)C(=O)C2CSCCS2)cc1. The number of carbonyl (C=O) groups excluding carboxylic acids is 1. The van der Waals surface area contributed by atoms with Gasteiger partial charge in [-0.25, -0.2) is 0 Å². The van der Waals surface area contributed by atoms with Crippen LogP contribution >= 0.6 is 23.5 Å². The Morgan fingerprint density at radius 2 is 1.83 bits per heavy atom. The van der Waals surface area contributed by atoms with E-state index in [9.17, 15) is 4.79 Å². The molecule has 23 heavy (non-hydrogen) atoms. The molecule has 120 valence electrons. The normalized spacial score (nSPS) is 17.7. The molecule has 1 heterocycles. The molecule has 0 bridgehead atoms. The first-order chi connectivity index (χ1) is 11.2. The maximum Gasteiger partial charge on any atom is 0.241 e. The summed E-state index contributed by atoms with van der Waals surface area (Å²) in [6.07, 6.45) is 0. The number of hydrogen-bond acceptors (Lipinski definition) is 3. The molecule has 2 aromatic rings. The van der Waals surface area contributed by atoms with Crippen molar-refractivity contribution in [2.24, 2.45) is 0 Å². The van der Waals surface area contributed by atoms with Gasteiger partial charge in [0.2, 0.25) is 5.91 Å². The number of benzene rings is 2. The summed E-state index contributed by atoms with van der Waals surface area (Å²) in [6.45, 7) is 2.70. The molecular formula is C19H21NOS2. The fourth-order valence-electron chi connectivity index (χ4n) is 2.59. The van der Waals surface area contributed by atoms with Crippen molar-refractivity contribution in [1.29, 1.82) is 0 Å². The van der Waals surface area contributed by atoms with Crippen molar-refractivity contribution in [1.82, 2.24) is 0 Å². The highest BCUT2D eigenvalue weighted by Gasteiger charge is 2.28. The molecule has 1 saturated heterocycles. The average molecular weight is 344 g/mol. The molecule has 2 nitrogen and oxygen atoms in total. The lowest BCUT2D eigenvalue weighted by molar-refractivity contribution is -0.117. The Labute approximate surface area is 146 Å². The van der Waals surface area contributed by atoms with Crippen molar-refractivity contribution < 1.29 is 4.79 Å². The molecule has 0 aliphatic carbocycles. The Morgan fingerprint density at radius 3 is 2.48 bits per heavy atom. The van der Waals surface area contributed by atoms with E-state index in [0.717, 1.165) is 28.5 Å². The zero-order valence-corrected chi connectivity index (χ0v) is 14.9. The zero-order valence-electron chi connectivity index (χ0n) is 13.3.